The van der Waals surface area contributed by atoms with Crippen molar-refractivity contribution < 1.29 is 9.47 Å². The molecule has 1 aromatic rings. The molecule has 1 aromatic carbocycles. The van der Waals surface area contributed by atoms with Gasteiger partial charge in [-0.15, -0.1) is 0 Å². The third-order valence-corrected chi connectivity index (χ3v) is 1.44. The quantitative estimate of drug-likeness (QED) is 0.627. The van der Waals surface area contributed by atoms with Gasteiger partial charge in [-0.1, -0.05) is 53.7 Å². The molecule has 0 spiro atoms. The molecule has 2 nitrogen and oxygen atoms in total. The minimum atomic E-state index is -0.127. The Morgan fingerprint density at radius 3 is 1.38 bits per heavy atom. The van der Waals surface area contributed by atoms with E-state index in [-0.39, 0.29) is 6.29 Å². The molecule has 0 bridgehead atoms. The lowest BCUT2D eigenvalue weighted by Gasteiger charge is -1.99. The predicted molar refractivity (Wildman–Crippen MR) is 71.2 cm³/mol. The number of benzene rings is 1. The second-order valence-electron chi connectivity index (χ2n) is 2.25. The van der Waals surface area contributed by atoms with Gasteiger partial charge in [-0.25, -0.2) is 0 Å². The zero-order valence-corrected chi connectivity index (χ0v) is 11.7. The summed E-state index contributed by atoms with van der Waals surface area (Å²) < 4.78 is 10.6. The van der Waals surface area contributed by atoms with Crippen molar-refractivity contribution in [2.24, 2.45) is 0 Å². The van der Waals surface area contributed by atoms with Crippen molar-refractivity contribution in [2.75, 3.05) is 0 Å². The van der Waals surface area contributed by atoms with Crippen LogP contribution in [-0.4, -0.2) is 6.29 Å². The Balaban J connectivity index is 0. The van der Waals surface area contributed by atoms with Gasteiger partial charge in [0.25, 0.3) is 0 Å². The molecule has 0 amide bonds. The van der Waals surface area contributed by atoms with Crippen LogP contribution < -0.4 is 9.47 Å². The second-order valence-corrected chi connectivity index (χ2v) is 2.25. The molecular formula is C14H26O2. The topological polar surface area (TPSA) is 18.5 Å². The van der Waals surface area contributed by atoms with Crippen molar-refractivity contribution in [2.45, 2.75) is 54.8 Å². The first kappa shape index (κ1) is 17.2. The maximum atomic E-state index is 5.28. The van der Waals surface area contributed by atoms with Crippen molar-refractivity contribution in [3.8, 4) is 11.5 Å². The minimum Gasteiger partial charge on any atom is -0.451 e. The molecule has 0 N–H and O–H groups in total. The molecule has 0 unspecified atom stereocenters. The molecule has 1 heterocycles. The summed E-state index contributed by atoms with van der Waals surface area (Å²) >= 11 is 0. The van der Waals surface area contributed by atoms with Crippen LogP contribution in [0.3, 0.4) is 0 Å². The Bertz CT molecular complexity index is 221. The van der Waals surface area contributed by atoms with Gasteiger partial charge in [-0.05, 0) is 12.1 Å². The Hall–Kier alpha value is -1.18. The number of hydrogen-bond donors (Lipinski definition) is 0. The van der Waals surface area contributed by atoms with E-state index in [1.807, 2.05) is 72.7 Å². The van der Waals surface area contributed by atoms with E-state index in [1.165, 1.54) is 0 Å². The Labute approximate surface area is 101 Å². The van der Waals surface area contributed by atoms with Gasteiger partial charge in [0.05, 0.1) is 0 Å². The van der Waals surface area contributed by atoms with Crippen LogP contribution in [0, 0.1) is 0 Å². The number of rotatable bonds is 0. The van der Waals surface area contributed by atoms with E-state index < -0.39 is 0 Å². The molecule has 0 saturated carbocycles. The van der Waals surface area contributed by atoms with E-state index in [0.29, 0.717) is 0 Å². The van der Waals surface area contributed by atoms with Crippen LogP contribution in [0.4, 0.5) is 0 Å². The first-order chi connectivity index (χ1) is 7.86. The summed E-state index contributed by atoms with van der Waals surface area (Å²) in [4.78, 5) is 0. The average Bonchev–Trinajstić information content (AvgIpc) is 2.76. The number of fused-ring (bicyclic) bond motifs is 1. The predicted octanol–water partition coefficient (Wildman–Crippen LogP) is 4.88. The van der Waals surface area contributed by atoms with Crippen molar-refractivity contribution in [3.05, 3.63) is 24.3 Å². The highest BCUT2D eigenvalue weighted by Gasteiger charge is 2.17. The van der Waals surface area contributed by atoms with Gasteiger partial charge >= 0.3 is 0 Å². The molecule has 0 radical (unpaired) electrons. The van der Waals surface area contributed by atoms with Crippen LogP contribution in [0.2, 0.25) is 0 Å². The summed E-state index contributed by atoms with van der Waals surface area (Å²) in [5, 5.41) is 0. The molecule has 0 fully saturated rings. The fourth-order valence-electron chi connectivity index (χ4n) is 1.03. The highest BCUT2D eigenvalue weighted by atomic mass is 16.7. The lowest BCUT2D eigenvalue weighted by molar-refractivity contribution is 0.0678. The fraction of sp³-hybridized carbons (Fsp3) is 0.571. The van der Waals surface area contributed by atoms with Crippen molar-refractivity contribution in [1.29, 1.82) is 0 Å². The molecule has 16 heavy (non-hydrogen) atoms. The molecule has 1 aliphatic rings. The second kappa shape index (κ2) is 11.9. The molecule has 1 aliphatic heterocycles. The largest absolute Gasteiger partial charge is 0.451 e. The third kappa shape index (κ3) is 5.64. The standard InChI is InChI=1S/C8H8O2.3C2H6/c1-6-9-7-4-2-3-5-8(7)10-6;3*1-2/h2-6H,1H3;3*1-2H3. The molecule has 0 saturated heterocycles. The van der Waals surface area contributed by atoms with E-state index in [2.05, 4.69) is 0 Å². The molecule has 0 aliphatic carbocycles. The van der Waals surface area contributed by atoms with E-state index in [4.69, 9.17) is 9.47 Å². The normalized spacial score (nSPS) is 10.9. The summed E-state index contributed by atoms with van der Waals surface area (Å²) in [7, 11) is 0. The summed E-state index contributed by atoms with van der Waals surface area (Å²) in [6, 6.07) is 7.66. The van der Waals surface area contributed by atoms with Crippen LogP contribution in [0.25, 0.3) is 0 Å². The van der Waals surface area contributed by atoms with Crippen molar-refractivity contribution in [3.63, 3.8) is 0 Å². The lowest BCUT2D eigenvalue weighted by atomic mass is 10.3. The van der Waals surface area contributed by atoms with Gasteiger partial charge in [0.15, 0.2) is 11.5 Å². The fourth-order valence-corrected chi connectivity index (χ4v) is 1.03. The first-order valence-corrected chi connectivity index (χ1v) is 6.28. The van der Waals surface area contributed by atoms with Gasteiger partial charge in [0.1, 0.15) is 0 Å². The van der Waals surface area contributed by atoms with Gasteiger partial charge in [0.2, 0.25) is 6.29 Å². The molecule has 0 aromatic heterocycles. The highest BCUT2D eigenvalue weighted by Crippen LogP contribution is 2.33. The maximum absolute atomic E-state index is 5.28. The minimum absolute atomic E-state index is 0.127. The van der Waals surface area contributed by atoms with Crippen LogP contribution in [0.5, 0.6) is 11.5 Å². The molecule has 2 rings (SSSR count). The molecule has 2 heteroatoms. The monoisotopic (exact) mass is 226 g/mol. The lowest BCUT2D eigenvalue weighted by Crippen LogP contribution is -2.11. The number of hydrogen-bond acceptors (Lipinski definition) is 2. The summed E-state index contributed by atoms with van der Waals surface area (Å²) in [6.45, 7) is 13.9. The molecule has 0 atom stereocenters. The van der Waals surface area contributed by atoms with Gasteiger partial charge in [-0.3, -0.25) is 0 Å². The van der Waals surface area contributed by atoms with Crippen LogP contribution in [0.1, 0.15) is 48.5 Å². The van der Waals surface area contributed by atoms with Gasteiger partial charge in [0, 0.05) is 6.92 Å². The Morgan fingerprint density at radius 1 is 0.750 bits per heavy atom. The van der Waals surface area contributed by atoms with Crippen molar-refractivity contribution >= 4 is 0 Å². The van der Waals surface area contributed by atoms with Crippen LogP contribution in [-0.2, 0) is 0 Å². The SMILES string of the molecule is CC.CC.CC.CC1Oc2ccccc2O1. The highest BCUT2D eigenvalue weighted by molar-refractivity contribution is 5.41. The zero-order valence-electron chi connectivity index (χ0n) is 11.7. The van der Waals surface area contributed by atoms with Crippen molar-refractivity contribution in [1.82, 2.24) is 0 Å². The first-order valence-electron chi connectivity index (χ1n) is 6.28. The average molecular weight is 226 g/mol. The summed E-state index contributed by atoms with van der Waals surface area (Å²) in [5.41, 5.74) is 0. The van der Waals surface area contributed by atoms with Crippen LogP contribution >= 0.6 is 0 Å². The zero-order chi connectivity index (χ0) is 13.0. The van der Waals surface area contributed by atoms with Gasteiger partial charge in [-0.2, -0.15) is 0 Å². The third-order valence-electron chi connectivity index (χ3n) is 1.44. The Morgan fingerprint density at radius 2 is 1.06 bits per heavy atom. The number of para-hydroxylation sites is 2. The smallest absolute Gasteiger partial charge is 0.238 e. The Kier molecular flexibility index (Phi) is 12.8. The van der Waals surface area contributed by atoms with E-state index in [0.717, 1.165) is 11.5 Å². The van der Waals surface area contributed by atoms with Crippen LogP contribution in [0.15, 0.2) is 24.3 Å². The molecule has 94 valence electrons. The summed E-state index contributed by atoms with van der Waals surface area (Å²) in [6.07, 6.45) is -0.127. The van der Waals surface area contributed by atoms with Gasteiger partial charge < -0.3 is 9.47 Å². The van der Waals surface area contributed by atoms with E-state index in [9.17, 15) is 0 Å². The number of ether oxygens (including phenoxy) is 2. The molecular weight excluding hydrogens is 200 g/mol. The maximum Gasteiger partial charge on any atom is 0.238 e. The summed E-state index contributed by atoms with van der Waals surface area (Å²) in [5.74, 6) is 1.69. The van der Waals surface area contributed by atoms with E-state index in [1.54, 1.807) is 0 Å². The van der Waals surface area contributed by atoms with E-state index >= 15 is 0 Å².